The van der Waals surface area contributed by atoms with Gasteiger partial charge in [-0.25, -0.2) is 0 Å². The Hall–Kier alpha value is -2.33. The minimum Gasteiger partial charge on any atom is -0.294 e. The number of hydrogen-bond donors (Lipinski definition) is 0. The summed E-state index contributed by atoms with van der Waals surface area (Å²) in [7, 11) is 0. The van der Waals surface area contributed by atoms with Gasteiger partial charge in [0.05, 0.1) is 4.70 Å². The number of Topliss-reactive ketones (excluding diaryl/α,β-unsaturated/α-hetero) is 2. The van der Waals surface area contributed by atoms with Crippen molar-refractivity contribution in [2.24, 2.45) is 0 Å². The number of hydrogen-bond acceptors (Lipinski definition) is 4. The van der Waals surface area contributed by atoms with E-state index in [1.165, 1.54) is 25.2 Å². The van der Waals surface area contributed by atoms with Crippen molar-refractivity contribution < 1.29 is 9.59 Å². The van der Waals surface area contributed by atoms with Gasteiger partial charge in [-0.05, 0) is 38.1 Å². The lowest BCUT2D eigenvalue weighted by molar-refractivity contribution is 0.0982. The van der Waals surface area contributed by atoms with Crippen LogP contribution in [0, 0.1) is 0 Å². The molecule has 0 aliphatic heterocycles. The molecule has 0 N–H and O–H groups in total. The first kappa shape index (κ1) is 13.6. The molecule has 4 heteroatoms. The second kappa shape index (κ2) is 4.90. The largest absolute Gasteiger partial charge is 0.294 e. The van der Waals surface area contributed by atoms with E-state index in [1.54, 1.807) is 18.2 Å². The summed E-state index contributed by atoms with van der Waals surface area (Å²) in [6, 6.07) is 10.5. The van der Waals surface area contributed by atoms with Crippen LogP contribution in [0.25, 0.3) is 20.2 Å². The van der Waals surface area contributed by atoms with Crippen molar-refractivity contribution in [3.05, 3.63) is 57.7 Å². The van der Waals surface area contributed by atoms with E-state index in [2.05, 4.69) is 0 Å². The maximum atomic E-state index is 12.6. The van der Waals surface area contributed by atoms with Crippen molar-refractivity contribution in [1.82, 2.24) is 0 Å². The van der Waals surface area contributed by atoms with E-state index < -0.39 is 0 Å². The molecule has 0 spiro atoms. The van der Waals surface area contributed by atoms with Gasteiger partial charge >= 0.3 is 0 Å². The molecule has 0 unspecified atom stereocenters. The lowest BCUT2D eigenvalue weighted by Gasteiger charge is -2.08. The van der Waals surface area contributed by atoms with Crippen LogP contribution in [0.3, 0.4) is 0 Å². The van der Waals surface area contributed by atoms with Gasteiger partial charge < -0.3 is 0 Å². The molecule has 0 radical (unpaired) electrons. The average Bonchev–Trinajstić information content (AvgIpc) is 2.46. The lowest BCUT2D eigenvalue weighted by atomic mass is 9.99. The Morgan fingerprint density at radius 2 is 1.62 bits per heavy atom. The Kier molecular flexibility index (Phi) is 3.18. The maximum Gasteiger partial charge on any atom is 0.195 e. The highest BCUT2D eigenvalue weighted by molar-refractivity contribution is 7.25. The topological polar surface area (TPSA) is 51.2 Å². The Balaban J connectivity index is 2.59. The third-order valence-corrected chi connectivity index (χ3v) is 4.68. The zero-order valence-electron chi connectivity index (χ0n) is 11.6. The Morgan fingerprint density at radius 3 is 2.29 bits per heavy atom. The molecule has 0 aliphatic carbocycles. The number of carbonyl (C=O) groups is 2. The highest BCUT2D eigenvalue weighted by atomic mass is 32.1. The van der Waals surface area contributed by atoms with Crippen LogP contribution in [-0.2, 0) is 0 Å². The molecule has 0 fully saturated rings. The van der Waals surface area contributed by atoms with Crippen LogP contribution >= 0.6 is 11.3 Å². The van der Waals surface area contributed by atoms with Crippen molar-refractivity contribution in [1.29, 1.82) is 0 Å². The minimum atomic E-state index is -0.197. The summed E-state index contributed by atoms with van der Waals surface area (Å²) >= 11 is 1.38. The molecular weight excluding hydrogens is 284 g/mol. The van der Waals surface area contributed by atoms with E-state index in [4.69, 9.17) is 0 Å². The Bertz CT molecular complexity index is 967. The van der Waals surface area contributed by atoms with Gasteiger partial charge in [-0.15, -0.1) is 11.3 Å². The lowest BCUT2D eigenvalue weighted by Crippen LogP contribution is -2.08. The van der Waals surface area contributed by atoms with Crippen LogP contribution in [0.5, 0.6) is 0 Å². The molecule has 3 rings (SSSR count). The number of rotatable bonds is 2. The minimum absolute atomic E-state index is 0.100. The fourth-order valence-electron chi connectivity index (χ4n) is 2.51. The summed E-state index contributed by atoms with van der Waals surface area (Å²) in [6.45, 7) is 2.85. The van der Waals surface area contributed by atoms with Crippen LogP contribution in [0.1, 0.15) is 34.6 Å². The third-order valence-electron chi connectivity index (χ3n) is 3.48. The van der Waals surface area contributed by atoms with Crippen molar-refractivity contribution >= 4 is 43.1 Å². The molecule has 0 saturated heterocycles. The number of ketones is 2. The molecule has 21 heavy (non-hydrogen) atoms. The molecule has 104 valence electrons. The van der Waals surface area contributed by atoms with Crippen molar-refractivity contribution in [2.75, 3.05) is 0 Å². The Labute approximate surface area is 124 Å². The predicted octanol–water partition coefficient (Wildman–Crippen LogP) is 3.82. The molecule has 1 aromatic heterocycles. The average molecular weight is 296 g/mol. The maximum absolute atomic E-state index is 12.6. The normalized spacial score (nSPS) is 11.0. The second-order valence-corrected chi connectivity index (χ2v) is 5.96. The van der Waals surface area contributed by atoms with Crippen LogP contribution in [0.4, 0.5) is 0 Å². The smallest absolute Gasteiger partial charge is 0.195 e. The van der Waals surface area contributed by atoms with Gasteiger partial charge in [0.15, 0.2) is 17.0 Å². The molecule has 0 atom stereocenters. The Morgan fingerprint density at radius 1 is 0.905 bits per heavy atom. The molecule has 0 aliphatic rings. The van der Waals surface area contributed by atoms with Gasteiger partial charge in [0, 0.05) is 26.6 Å². The second-order valence-electron chi connectivity index (χ2n) is 4.90. The summed E-state index contributed by atoms with van der Waals surface area (Å²) in [6.07, 6.45) is 0. The van der Waals surface area contributed by atoms with E-state index in [0.29, 0.717) is 26.6 Å². The summed E-state index contributed by atoms with van der Waals surface area (Å²) in [5, 5.41) is 1.13. The van der Waals surface area contributed by atoms with Crippen LogP contribution in [0.15, 0.2) is 41.2 Å². The highest BCUT2D eigenvalue weighted by Gasteiger charge is 2.18. The van der Waals surface area contributed by atoms with Gasteiger partial charge in [-0.2, -0.15) is 0 Å². The van der Waals surface area contributed by atoms with E-state index in [9.17, 15) is 14.4 Å². The molecule has 0 bridgehead atoms. The van der Waals surface area contributed by atoms with Gasteiger partial charge in [0.25, 0.3) is 0 Å². The highest BCUT2D eigenvalue weighted by Crippen LogP contribution is 2.30. The first-order chi connectivity index (χ1) is 10.0. The summed E-state index contributed by atoms with van der Waals surface area (Å²) in [5.74, 6) is -0.369. The van der Waals surface area contributed by atoms with E-state index in [0.717, 1.165) is 4.70 Å². The SMILES string of the molecule is CC(=O)c1ccc2c(=O)c3ccccc3sc2c1C(C)=O. The van der Waals surface area contributed by atoms with E-state index >= 15 is 0 Å². The zero-order chi connectivity index (χ0) is 15.1. The first-order valence-corrected chi connectivity index (χ1v) is 7.33. The van der Waals surface area contributed by atoms with Crippen molar-refractivity contribution in [2.45, 2.75) is 13.8 Å². The van der Waals surface area contributed by atoms with Gasteiger partial charge in [0.1, 0.15) is 0 Å². The number of benzene rings is 2. The van der Waals surface area contributed by atoms with Crippen LogP contribution in [0.2, 0.25) is 0 Å². The fraction of sp³-hybridized carbons (Fsp3) is 0.118. The van der Waals surface area contributed by atoms with Crippen molar-refractivity contribution in [3.63, 3.8) is 0 Å². The standard InChI is InChI=1S/C17H12O3S/c1-9(18)11-7-8-13-16(20)12-5-3-4-6-14(12)21-17(13)15(11)10(2)19/h3-8H,1-2H3. The molecular formula is C17H12O3S. The number of carbonyl (C=O) groups excluding carboxylic acids is 2. The first-order valence-electron chi connectivity index (χ1n) is 6.51. The molecule has 0 amide bonds. The quantitative estimate of drug-likeness (QED) is 0.533. The zero-order valence-corrected chi connectivity index (χ0v) is 12.4. The van der Waals surface area contributed by atoms with Crippen LogP contribution < -0.4 is 5.43 Å². The van der Waals surface area contributed by atoms with Crippen molar-refractivity contribution in [3.8, 4) is 0 Å². The molecule has 2 aromatic carbocycles. The van der Waals surface area contributed by atoms with Gasteiger partial charge in [-0.1, -0.05) is 12.1 Å². The van der Waals surface area contributed by atoms with E-state index in [1.807, 2.05) is 18.2 Å². The van der Waals surface area contributed by atoms with Gasteiger partial charge in [0.2, 0.25) is 0 Å². The number of fused-ring (bicyclic) bond motifs is 2. The molecule has 1 heterocycles. The monoisotopic (exact) mass is 296 g/mol. The third kappa shape index (κ3) is 2.08. The molecule has 3 aromatic rings. The van der Waals surface area contributed by atoms with E-state index in [-0.39, 0.29) is 17.0 Å². The van der Waals surface area contributed by atoms with Crippen LogP contribution in [-0.4, -0.2) is 11.6 Å². The fourth-order valence-corrected chi connectivity index (χ4v) is 3.77. The molecule has 3 nitrogen and oxygen atoms in total. The predicted molar refractivity (Wildman–Crippen MR) is 85.6 cm³/mol. The summed E-state index contributed by atoms with van der Waals surface area (Å²) < 4.78 is 1.41. The van der Waals surface area contributed by atoms with Gasteiger partial charge in [-0.3, -0.25) is 14.4 Å². The molecule has 0 saturated carbocycles. The summed E-state index contributed by atoms with van der Waals surface area (Å²) in [4.78, 5) is 36.3. The summed E-state index contributed by atoms with van der Waals surface area (Å²) in [5.41, 5.74) is 0.630.